The van der Waals surface area contributed by atoms with Crippen LogP contribution in [-0.2, 0) is 11.8 Å². The van der Waals surface area contributed by atoms with Crippen molar-refractivity contribution >= 4 is 23.5 Å². The van der Waals surface area contributed by atoms with Crippen LogP contribution in [0, 0.1) is 5.92 Å². The molecule has 0 aromatic carbocycles. The zero-order valence-corrected chi connectivity index (χ0v) is 12.9. The van der Waals surface area contributed by atoms with E-state index in [1.807, 2.05) is 36.0 Å². The summed E-state index contributed by atoms with van der Waals surface area (Å²) in [5, 5.41) is 7.93. The number of hydrogen-bond acceptors (Lipinski definition) is 4. The Labute approximate surface area is 124 Å². The quantitative estimate of drug-likeness (QED) is 0.912. The normalized spacial score (nSPS) is 31.0. The molecule has 0 aliphatic carbocycles. The molecular formula is C14H22N4OS. The molecule has 3 rings (SSSR count). The third-order valence-electron chi connectivity index (χ3n) is 4.20. The fourth-order valence-electron chi connectivity index (χ4n) is 2.94. The molecule has 1 N–H and O–H groups in total. The predicted octanol–water partition coefficient (Wildman–Crippen LogP) is 1.26. The maximum atomic E-state index is 12.6. The lowest BCUT2D eigenvalue weighted by atomic mass is 10.0. The maximum Gasteiger partial charge on any atom is 0.245 e. The Bertz CT molecular complexity index is 489. The summed E-state index contributed by atoms with van der Waals surface area (Å²) >= 11 is 1.98. The monoisotopic (exact) mass is 294 g/mol. The summed E-state index contributed by atoms with van der Waals surface area (Å²) in [5.41, 5.74) is 0. The maximum absolute atomic E-state index is 12.6. The first-order chi connectivity index (χ1) is 9.65. The predicted molar refractivity (Wildman–Crippen MR) is 82.0 cm³/mol. The van der Waals surface area contributed by atoms with Crippen LogP contribution in [0.1, 0.15) is 19.8 Å². The van der Waals surface area contributed by atoms with Gasteiger partial charge in [-0.3, -0.25) is 14.4 Å². The van der Waals surface area contributed by atoms with Crippen LogP contribution in [0.5, 0.6) is 0 Å². The van der Waals surface area contributed by atoms with Crippen LogP contribution in [0.3, 0.4) is 0 Å². The zero-order valence-electron chi connectivity index (χ0n) is 12.1. The van der Waals surface area contributed by atoms with Gasteiger partial charge >= 0.3 is 0 Å². The Morgan fingerprint density at radius 1 is 1.45 bits per heavy atom. The van der Waals surface area contributed by atoms with Gasteiger partial charge in [-0.05, 0) is 24.5 Å². The number of aryl methyl sites for hydroxylation is 1. The number of carbonyl (C=O) groups excluding carboxylic acids is 1. The molecule has 1 amide bonds. The summed E-state index contributed by atoms with van der Waals surface area (Å²) in [6.45, 7) is 3.05. The van der Waals surface area contributed by atoms with Crippen LogP contribution in [0.25, 0.3) is 0 Å². The van der Waals surface area contributed by atoms with Gasteiger partial charge in [0.1, 0.15) is 0 Å². The van der Waals surface area contributed by atoms with Crippen LogP contribution < -0.4 is 10.2 Å². The summed E-state index contributed by atoms with van der Waals surface area (Å²) in [6.07, 6.45) is 3.86. The highest BCUT2D eigenvalue weighted by atomic mass is 32.2. The largest absolute Gasteiger partial charge is 0.302 e. The molecular weight excluding hydrogens is 272 g/mol. The topological polar surface area (TPSA) is 50.2 Å². The molecule has 2 aliphatic heterocycles. The van der Waals surface area contributed by atoms with Crippen molar-refractivity contribution in [3.05, 3.63) is 12.3 Å². The number of thioether (sulfide) groups is 1. The molecule has 2 saturated heterocycles. The highest BCUT2D eigenvalue weighted by Crippen LogP contribution is 2.26. The van der Waals surface area contributed by atoms with Crippen molar-refractivity contribution in [2.45, 2.75) is 31.8 Å². The van der Waals surface area contributed by atoms with Crippen molar-refractivity contribution in [2.75, 3.05) is 23.0 Å². The second kappa shape index (κ2) is 5.77. The van der Waals surface area contributed by atoms with Gasteiger partial charge in [-0.25, -0.2) is 0 Å². The lowest BCUT2D eigenvalue weighted by Crippen LogP contribution is -2.54. The minimum atomic E-state index is -0.0445. The van der Waals surface area contributed by atoms with Crippen molar-refractivity contribution in [2.24, 2.45) is 13.0 Å². The number of aromatic nitrogens is 2. The second-order valence-electron chi connectivity index (χ2n) is 5.82. The highest BCUT2D eigenvalue weighted by Gasteiger charge is 2.34. The summed E-state index contributed by atoms with van der Waals surface area (Å²) < 4.78 is 1.75. The van der Waals surface area contributed by atoms with Crippen LogP contribution in [0.2, 0.25) is 0 Å². The smallest absolute Gasteiger partial charge is 0.245 e. The van der Waals surface area contributed by atoms with Gasteiger partial charge in [0.25, 0.3) is 0 Å². The highest BCUT2D eigenvalue weighted by molar-refractivity contribution is 7.99. The first-order valence-corrected chi connectivity index (χ1v) is 8.45. The van der Waals surface area contributed by atoms with Crippen LogP contribution in [0.4, 0.5) is 5.82 Å². The third-order valence-corrected chi connectivity index (χ3v) is 5.55. The average molecular weight is 294 g/mol. The molecule has 0 spiro atoms. The van der Waals surface area contributed by atoms with Gasteiger partial charge in [-0.2, -0.15) is 16.9 Å². The first kappa shape index (κ1) is 13.9. The molecule has 2 aliphatic rings. The Morgan fingerprint density at radius 2 is 2.30 bits per heavy atom. The second-order valence-corrected chi connectivity index (χ2v) is 6.90. The SMILES string of the molecule is C[C@@H]1CSC[C@H]1N[C@H]1CCCN(c2ccn(C)n2)C1=O. The molecule has 0 bridgehead atoms. The summed E-state index contributed by atoms with van der Waals surface area (Å²) in [5.74, 6) is 3.92. The molecule has 6 heteroatoms. The van der Waals surface area contributed by atoms with Crippen LogP contribution >= 0.6 is 11.8 Å². The van der Waals surface area contributed by atoms with E-state index in [2.05, 4.69) is 17.3 Å². The molecule has 0 saturated carbocycles. The third kappa shape index (κ3) is 2.72. The molecule has 0 radical (unpaired) electrons. The molecule has 5 nitrogen and oxygen atoms in total. The molecule has 2 fully saturated rings. The van der Waals surface area contributed by atoms with Gasteiger partial charge in [0, 0.05) is 37.7 Å². The van der Waals surface area contributed by atoms with Crippen molar-refractivity contribution in [1.29, 1.82) is 0 Å². The number of nitrogens with zero attached hydrogens (tertiary/aromatic N) is 3. The Kier molecular flexibility index (Phi) is 4.03. The summed E-state index contributed by atoms with van der Waals surface area (Å²) in [4.78, 5) is 14.5. The Morgan fingerprint density at radius 3 is 2.95 bits per heavy atom. The summed E-state index contributed by atoms with van der Waals surface area (Å²) in [6, 6.07) is 2.34. The molecule has 3 heterocycles. The summed E-state index contributed by atoms with van der Waals surface area (Å²) in [7, 11) is 1.88. The minimum absolute atomic E-state index is 0.0445. The molecule has 1 aromatic heterocycles. The van der Waals surface area contributed by atoms with E-state index in [1.165, 1.54) is 5.75 Å². The lowest BCUT2D eigenvalue weighted by Gasteiger charge is -2.33. The molecule has 3 atom stereocenters. The number of amides is 1. The van der Waals surface area contributed by atoms with E-state index in [0.717, 1.165) is 31.0 Å². The number of hydrogen-bond donors (Lipinski definition) is 1. The number of carbonyl (C=O) groups is 1. The molecule has 0 unspecified atom stereocenters. The van der Waals surface area contributed by atoms with Gasteiger partial charge in [0.2, 0.25) is 5.91 Å². The van der Waals surface area contributed by atoms with E-state index in [-0.39, 0.29) is 11.9 Å². The van der Waals surface area contributed by atoms with Crippen molar-refractivity contribution < 1.29 is 4.79 Å². The van der Waals surface area contributed by atoms with Gasteiger partial charge in [0.05, 0.1) is 6.04 Å². The standard InChI is InChI=1S/C14H22N4OS/c1-10-8-20-9-12(10)15-11-4-3-6-18(14(11)19)13-5-7-17(2)16-13/h5,7,10-12,15H,3-4,6,8-9H2,1-2H3/t10-,11+,12-/m1/s1. The van der Waals surface area contributed by atoms with Gasteiger partial charge in [-0.15, -0.1) is 0 Å². The number of rotatable bonds is 3. The van der Waals surface area contributed by atoms with Crippen LogP contribution in [-0.4, -0.2) is 45.8 Å². The number of nitrogens with one attached hydrogen (secondary N) is 1. The van der Waals surface area contributed by atoms with Crippen molar-refractivity contribution in [3.8, 4) is 0 Å². The fraction of sp³-hybridized carbons (Fsp3) is 0.714. The average Bonchev–Trinajstić information content (AvgIpc) is 3.02. The molecule has 110 valence electrons. The van der Waals surface area contributed by atoms with Gasteiger partial charge in [-0.1, -0.05) is 6.92 Å². The van der Waals surface area contributed by atoms with Crippen molar-refractivity contribution in [1.82, 2.24) is 15.1 Å². The van der Waals surface area contributed by atoms with Crippen LogP contribution in [0.15, 0.2) is 12.3 Å². The van der Waals surface area contributed by atoms with Crippen molar-refractivity contribution in [3.63, 3.8) is 0 Å². The van der Waals surface area contributed by atoms with E-state index in [9.17, 15) is 4.79 Å². The van der Waals surface area contributed by atoms with E-state index in [1.54, 1.807) is 4.68 Å². The lowest BCUT2D eigenvalue weighted by molar-refractivity contribution is -0.122. The number of piperidine rings is 1. The van der Waals surface area contributed by atoms with E-state index in [0.29, 0.717) is 12.0 Å². The van der Waals surface area contributed by atoms with Gasteiger partial charge in [0.15, 0.2) is 5.82 Å². The van der Waals surface area contributed by atoms with E-state index in [4.69, 9.17) is 0 Å². The Balaban J connectivity index is 1.68. The van der Waals surface area contributed by atoms with E-state index >= 15 is 0 Å². The van der Waals surface area contributed by atoms with E-state index < -0.39 is 0 Å². The Hall–Kier alpha value is -1.01. The first-order valence-electron chi connectivity index (χ1n) is 7.30. The fourth-order valence-corrected chi connectivity index (χ4v) is 4.36. The molecule has 1 aromatic rings. The molecule has 20 heavy (non-hydrogen) atoms. The van der Waals surface area contributed by atoms with Gasteiger partial charge < -0.3 is 5.32 Å². The number of anilines is 1. The zero-order chi connectivity index (χ0) is 14.1. The minimum Gasteiger partial charge on any atom is -0.302 e.